The molecule has 1 heterocycles. The van der Waals surface area contributed by atoms with Crippen molar-refractivity contribution in [3.8, 4) is 10.6 Å². The lowest BCUT2D eigenvalue weighted by Crippen LogP contribution is -1.97. The zero-order valence-corrected chi connectivity index (χ0v) is 11.7. The topological polar surface area (TPSA) is 79.4 Å². The summed E-state index contributed by atoms with van der Waals surface area (Å²) in [5.74, 6) is 0. The quantitative estimate of drug-likeness (QED) is 0.728. The van der Waals surface area contributed by atoms with E-state index < -0.39 is 0 Å². The van der Waals surface area contributed by atoms with Crippen LogP contribution in [0.1, 0.15) is 16.1 Å². The van der Waals surface area contributed by atoms with Gasteiger partial charge in [0.25, 0.3) is 0 Å². The van der Waals surface area contributed by atoms with Crippen LogP contribution in [0.3, 0.4) is 0 Å². The van der Waals surface area contributed by atoms with Gasteiger partial charge in [-0.15, -0.1) is 11.3 Å². The van der Waals surface area contributed by atoms with Crippen molar-refractivity contribution in [2.24, 2.45) is 0 Å². The molecule has 19 heavy (non-hydrogen) atoms. The molecule has 0 aliphatic heterocycles. The Morgan fingerprint density at radius 2 is 1.95 bits per heavy atom. The SMILES string of the molecule is Cc1sc(-c2cc(N)ccc2CCO)nc1CCO. The summed E-state index contributed by atoms with van der Waals surface area (Å²) in [5, 5.41) is 19.0. The van der Waals surface area contributed by atoms with Gasteiger partial charge in [-0.2, -0.15) is 0 Å². The molecule has 4 nitrogen and oxygen atoms in total. The first kappa shape index (κ1) is 14.0. The van der Waals surface area contributed by atoms with Gasteiger partial charge in [-0.05, 0) is 31.0 Å². The van der Waals surface area contributed by atoms with Crippen LogP contribution in [0.2, 0.25) is 0 Å². The number of thiazole rings is 1. The first-order valence-corrected chi connectivity index (χ1v) is 7.04. The largest absolute Gasteiger partial charge is 0.399 e. The van der Waals surface area contributed by atoms with Gasteiger partial charge in [0.15, 0.2) is 0 Å². The lowest BCUT2D eigenvalue weighted by molar-refractivity contribution is 0.298. The van der Waals surface area contributed by atoms with E-state index in [-0.39, 0.29) is 13.2 Å². The van der Waals surface area contributed by atoms with Crippen molar-refractivity contribution in [2.75, 3.05) is 18.9 Å². The zero-order valence-electron chi connectivity index (χ0n) is 10.9. The van der Waals surface area contributed by atoms with E-state index in [4.69, 9.17) is 15.9 Å². The molecule has 0 aliphatic carbocycles. The van der Waals surface area contributed by atoms with Crippen LogP contribution in [0.4, 0.5) is 5.69 Å². The first-order valence-electron chi connectivity index (χ1n) is 6.22. The number of nitrogens with zero attached hydrogens (tertiary/aromatic N) is 1. The van der Waals surface area contributed by atoms with E-state index in [2.05, 4.69) is 4.98 Å². The first-order chi connectivity index (χ1) is 9.15. The number of benzene rings is 1. The van der Waals surface area contributed by atoms with Crippen LogP contribution in [0.5, 0.6) is 0 Å². The number of anilines is 1. The summed E-state index contributed by atoms with van der Waals surface area (Å²) in [6.07, 6.45) is 1.16. The van der Waals surface area contributed by atoms with E-state index in [0.717, 1.165) is 26.7 Å². The Balaban J connectivity index is 2.45. The molecule has 2 rings (SSSR count). The van der Waals surface area contributed by atoms with Crippen molar-refractivity contribution in [1.82, 2.24) is 4.98 Å². The average molecular weight is 278 g/mol. The molecule has 0 amide bonds. The molecule has 0 saturated carbocycles. The van der Waals surface area contributed by atoms with Crippen molar-refractivity contribution in [2.45, 2.75) is 19.8 Å². The Hall–Kier alpha value is -1.43. The lowest BCUT2D eigenvalue weighted by Gasteiger charge is -2.07. The van der Waals surface area contributed by atoms with E-state index in [9.17, 15) is 0 Å². The van der Waals surface area contributed by atoms with Gasteiger partial charge in [-0.1, -0.05) is 6.07 Å². The number of nitrogens with two attached hydrogens (primary N) is 1. The van der Waals surface area contributed by atoms with Crippen LogP contribution >= 0.6 is 11.3 Å². The van der Waals surface area contributed by atoms with Crippen molar-refractivity contribution >= 4 is 17.0 Å². The monoisotopic (exact) mass is 278 g/mol. The third-order valence-corrected chi connectivity index (χ3v) is 4.03. The van der Waals surface area contributed by atoms with Gasteiger partial charge in [0, 0.05) is 35.8 Å². The number of hydrogen-bond acceptors (Lipinski definition) is 5. The van der Waals surface area contributed by atoms with Crippen LogP contribution < -0.4 is 5.73 Å². The molecule has 5 heteroatoms. The highest BCUT2D eigenvalue weighted by Crippen LogP contribution is 2.32. The molecule has 0 fully saturated rings. The molecule has 0 radical (unpaired) electrons. The Bertz CT molecular complexity index is 567. The standard InChI is InChI=1S/C14H18N2O2S/c1-9-13(5-7-18)16-14(19-9)12-8-11(15)3-2-10(12)4-6-17/h2-3,8,17-18H,4-7,15H2,1H3. The van der Waals surface area contributed by atoms with Crippen LogP contribution in [-0.2, 0) is 12.8 Å². The minimum atomic E-state index is 0.102. The van der Waals surface area contributed by atoms with Crippen LogP contribution in [0, 0.1) is 6.92 Å². The van der Waals surface area contributed by atoms with Crippen LogP contribution in [-0.4, -0.2) is 28.4 Å². The molecule has 0 saturated heterocycles. The molecule has 0 aliphatic rings. The number of aliphatic hydroxyl groups excluding tert-OH is 2. The highest BCUT2D eigenvalue weighted by atomic mass is 32.1. The van der Waals surface area contributed by atoms with Gasteiger partial charge < -0.3 is 15.9 Å². The molecule has 1 aromatic carbocycles. The number of aromatic nitrogens is 1. The van der Waals surface area contributed by atoms with Gasteiger partial charge in [-0.25, -0.2) is 4.98 Å². The maximum Gasteiger partial charge on any atom is 0.124 e. The molecular weight excluding hydrogens is 260 g/mol. The summed E-state index contributed by atoms with van der Waals surface area (Å²) in [6, 6.07) is 5.67. The number of aliphatic hydroxyl groups is 2. The van der Waals surface area contributed by atoms with Gasteiger partial charge >= 0.3 is 0 Å². The summed E-state index contributed by atoms with van der Waals surface area (Å²) in [5.41, 5.74) is 9.48. The van der Waals surface area contributed by atoms with Crippen molar-refractivity contribution < 1.29 is 10.2 Å². The molecule has 0 bridgehead atoms. The second kappa shape index (κ2) is 6.14. The zero-order chi connectivity index (χ0) is 13.8. The molecule has 102 valence electrons. The Morgan fingerprint density at radius 1 is 1.21 bits per heavy atom. The minimum Gasteiger partial charge on any atom is -0.399 e. The molecule has 1 aromatic heterocycles. The summed E-state index contributed by atoms with van der Waals surface area (Å²) in [4.78, 5) is 5.69. The van der Waals surface area contributed by atoms with Crippen molar-refractivity contribution in [3.63, 3.8) is 0 Å². The molecular formula is C14H18N2O2S. The highest BCUT2D eigenvalue weighted by molar-refractivity contribution is 7.15. The Kier molecular flexibility index (Phi) is 4.52. The van der Waals surface area contributed by atoms with Crippen LogP contribution in [0.25, 0.3) is 10.6 Å². The normalized spacial score (nSPS) is 10.9. The van der Waals surface area contributed by atoms with E-state index in [1.807, 2.05) is 25.1 Å². The summed E-state index contributed by atoms with van der Waals surface area (Å²) < 4.78 is 0. The predicted molar refractivity (Wildman–Crippen MR) is 78.3 cm³/mol. The number of nitrogen functional groups attached to an aromatic ring is 1. The Labute approximate surface area is 116 Å². The maximum absolute atomic E-state index is 9.12. The average Bonchev–Trinajstić information content (AvgIpc) is 2.74. The van der Waals surface area contributed by atoms with Crippen molar-refractivity contribution in [3.05, 3.63) is 34.3 Å². The molecule has 2 aromatic rings. The van der Waals surface area contributed by atoms with E-state index in [1.165, 1.54) is 0 Å². The van der Waals surface area contributed by atoms with E-state index in [1.54, 1.807) is 11.3 Å². The predicted octanol–water partition coefficient (Wildman–Crippen LogP) is 1.77. The van der Waals surface area contributed by atoms with Gasteiger partial charge in [-0.3, -0.25) is 0 Å². The third kappa shape index (κ3) is 3.12. The maximum atomic E-state index is 9.12. The smallest absolute Gasteiger partial charge is 0.124 e. The fourth-order valence-electron chi connectivity index (χ4n) is 2.01. The molecule has 0 spiro atoms. The van der Waals surface area contributed by atoms with Gasteiger partial charge in [0.2, 0.25) is 0 Å². The van der Waals surface area contributed by atoms with E-state index >= 15 is 0 Å². The fourth-order valence-corrected chi connectivity index (χ4v) is 3.02. The lowest BCUT2D eigenvalue weighted by atomic mass is 10.0. The molecule has 4 N–H and O–H groups in total. The van der Waals surface area contributed by atoms with Gasteiger partial charge in [0.1, 0.15) is 5.01 Å². The van der Waals surface area contributed by atoms with Gasteiger partial charge in [0.05, 0.1) is 5.69 Å². The third-order valence-electron chi connectivity index (χ3n) is 2.99. The summed E-state index contributed by atoms with van der Waals surface area (Å²) in [6.45, 7) is 2.21. The summed E-state index contributed by atoms with van der Waals surface area (Å²) in [7, 11) is 0. The summed E-state index contributed by atoms with van der Waals surface area (Å²) >= 11 is 1.60. The highest BCUT2D eigenvalue weighted by Gasteiger charge is 2.12. The van der Waals surface area contributed by atoms with Crippen molar-refractivity contribution in [1.29, 1.82) is 0 Å². The fraction of sp³-hybridized carbons (Fsp3) is 0.357. The number of aryl methyl sites for hydroxylation is 1. The Morgan fingerprint density at radius 3 is 2.63 bits per heavy atom. The number of rotatable bonds is 5. The second-order valence-corrected chi connectivity index (χ2v) is 5.59. The molecule has 0 unspecified atom stereocenters. The number of hydrogen-bond donors (Lipinski definition) is 3. The van der Waals surface area contributed by atoms with Crippen LogP contribution in [0.15, 0.2) is 18.2 Å². The molecule has 0 atom stereocenters. The minimum absolute atomic E-state index is 0.102. The second-order valence-electron chi connectivity index (χ2n) is 4.39. The van der Waals surface area contributed by atoms with E-state index in [0.29, 0.717) is 18.5 Å².